The van der Waals surface area contributed by atoms with Crippen LogP contribution in [0.15, 0.2) is 36.7 Å². The first kappa shape index (κ1) is 23.8. The van der Waals surface area contributed by atoms with Crippen LogP contribution >= 0.6 is 0 Å². The minimum Gasteiger partial charge on any atom is -0.497 e. The molecule has 0 unspecified atom stereocenters. The first-order chi connectivity index (χ1) is 17.2. The maximum absolute atomic E-state index is 13.5. The lowest BCUT2D eigenvalue weighted by Crippen LogP contribution is -2.10. The van der Waals surface area contributed by atoms with E-state index in [1.807, 2.05) is 35.9 Å². The van der Waals surface area contributed by atoms with Crippen LogP contribution in [0.3, 0.4) is 0 Å². The molecule has 3 heterocycles. The molecule has 188 valence electrons. The quantitative estimate of drug-likeness (QED) is 0.356. The van der Waals surface area contributed by atoms with Crippen LogP contribution < -0.4 is 10.1 Å². The van der Waals surface area contributed by atoms with Crippen molar-refractivity contribution < 1.29 is 17.9 Å². The molecule has 1 N–H and O–H groups in total. The first-order valence-electron chi connectivity index (χ1n) is 11.6. The average Bonchev–Trinajstić information content (AvgIpc) is 3.54. The molecule has 1 aliphatic carbocycles. The number of hydrogen-bond acceptors (Lipinski definition) is 6. The second kappa shape index (κ2) is 8.96. The van der Waals surface area contributed by atoms with E-state index in [1.165, 1.54) is 24.9 Å². The highest BCUT2D eigenvalue weighted by atomic mass is 19.4. The number of hydrogen-bond donors (Lipinski definition) is 1. The normalized spacial score (nSPS) is 13.8. The van der Waals surface area contributed by atoms with Crippen LogP contribution in [0.4, 0.5) is 24.8 Å². The van der Waals surface area contributed by atoms with Crippen LogP contribution in [0, 0.1) is 26.7 Å². The third kappa shape index (κ3) is 4.52. The van der Waals surface area contributed by atoms with E-state index in [2.05, 4.69) is 20.4 Å². The van der Waals surface area contributed by atoms with Gasteiger partial charge in [-0.3, -0.25) is 0 Å². The number of ether oxygens (including phenoxy) is 1. The molecule has 1 aromatic carbocycles. The van der Waals surface area contributed by atoms with Crippen LogP contribution in [0.25, 0.3) is 17.1 Å². The number of methoxy groups -OCH3 is 1. The standard InChI is InChI=1S/C25H26F3N7O/c1-14-23(18-7-9-19(36-4)10-8-18)33-34(12-17-5-6-17)24(14)31-20-11-21(30-13-29-20)35-16(3)22(15(2)32-35)25(26,27)28/h7-11,13,17H,5-6,12H2,1-4H3,(H,29,30,31). The van der Waals surface area contributed by atoms with Crippen LogP contribution in [0.1, 0.15) is 35.4 Å². The zero-order valence-corrected chi connectivity index (χ0v) is 20.4. The smallest absolute Gasteiger partial charge is 0.419 e. The van der Waals surface area contributed by atoms with Crippen molar-refractivity contribution in [3.63, 3.8) is 0 Å². The molecule has 0 saturated heterocycles. The van der Waals surface area contributed by atoms with Gasteiger partial charge in [0, 0.05) is 23.7 Å². The number of rotatable bonds is 7. The van der Waals surface area contributed by atoms with E-state index in [1.54, 1.807) is 13.2 Å². The fraction of sp³-hybridized carbons (Fsp3) is 0.360. The van der Waals surface area contributed by atoms with Crippen LogP contribution in [-0.4, -0.2) is 36.6 Å². The number of aryl methyl sites for hydroxylation is 1. The van der Waals surface area contributed by atoms with Crippen LogP contribution in [-0.2, 0) is 12.7 Å². The Hall–Kier alpha value is -3.89. The molecule has 3 aromatic heterocycles. The van der Waals surface area contributed by atoms with E-state index in [0.29, 0.717) is 11.7 Å². The van der Waals surface area contributed by atoms with Gasteiger partial charge in [-0.05, 0) is 63.8 Å². The molecule has 4 aromatic rings. The summed E-state index contributed by atoms with van der Waals surface area (Å²) in [6, 6.07) is 9.29. The highest BCUT2D eigenvalue weighted by Crippen LogP contribution is 2.37. The molecule has 0 aliphatic heterocycles. The lowest BCUT2D eigenvalue weighted by atomic mass is 10.1. The molecule has 36 heavy (non-hydrogen) atoms. The molecule has 0 amide bonds. The van der Waals surface area contributed by atoms with Gasteiger partial charge in [-0.25, -0.2) is 19.3 Å². The Morgan fingerprint density at radius 2 is 1.78 bits per heavy atom. The van der Waals surface area contributed by atoms with E-state index in [4.69, 9.17) is 9.84 Å². The molecule has 0 radical (unpaired) electrons. The fourth-order valence-electron chi connectivity index (χ4n) is 4.34. The maximum Gasteiger partial charge on any atom is 0.419 e. The second-order valence-corrected chi connectivity index (χ2v) is 9.02. The molecule has 11 heteroatoms. The molecule has 1 fully saturated rings. The first-order valence-corrected chi connectivity index (χ1v) is 11.6. The summed E-state index contributed by atoms with van der Waals surface area (Å²) < 4.78 is 48.8. The Morgan fingerprint density at radius 3 is 2.39 bits per heavy atom. The van der Waals surface area contributed by atoms with E-state index >= 15 is 0 Å². The summed E-state index contributed by atoms with van der Waals surface area (Å²) in [5, 5.41) is 12.3. The average molecular weight is 498 g/mol. The monoisotopic (exact) mass is 497 g/mol. The molecule has 5 rings (SSSR count). The van der Waals surface area contributed by atoms with Crippen molar-refractivity contribution >= 4 is 11.6 Å². The van der Waals surface area contributed by atoms with Gasteiger partial charge in [-0.2, -0.15) is 23.4 Å². The van der Waals surface area contributed by atoms with Gasteiger partial charge in [0.1, 0.15) is 23.7 Å². The number of benzene rings is 1. The Kier molecular flexibility index (Phi) is 5.93. The number of alkyl halides is 3. The lowest BCUT2D eigenvalue weighted by Gasteiger charge is -2.11. The van der Waals surface area contributed by atoms with Crippen molar-refractivity contribution in [3.8, 4) is 22.8 Å². The maximum atomic E-state index is 13.5. The summed E-state index contributed by atoms with van der Waals surface area (Å²) in [6.07, 6.45) is -0.867. The fourth-order valence-corrected chi connectivity index (χ4v) is 4.34. The zero-order chi connectivity index (χ0) is 25.6. The molecule has 0 bridgehead atoms. The number of aromatic nitrogens is 6. The summed E-state index contributed by atoms with van der Waals surface area (Å²) in [5.41, 5.74) is 1.85. The molecule has 1 saturated carbocycles. The highest BCUT2D eigenvalue weighted by molar-refractivity contribution is 5.71. The summed E-state index contributed by atoms with van der Waals surface area (Å²) in [4.78, 5) is 8.47. The third-order valence-electron chi connectivity index (χ3n) is 6.37. The predicted molar refractivity (Wildman–Crippen MR) is 129 cm³/mol. The van der Waals surface area contributed by atoms with Gasteiger partial charge >= 0.3 is 6.18 Å². The lowest BCUT2D eigenvalue weighted by molar-refractivity contribution is -0.138. The number of halogens is 3. The minimum absolute atomic E-state index is 0.0265. The Balaban J connectivity index is 1.50. The largest absolute Gasteiger partial charge is 0.497 e. The molecule has 8 nitrogen and oxygen atoms in total. The Bertz CT molecular complexity index is 1400. The summed E-state index contributed by atoms with van der Waals surface area (Å²) in [5.74, 6) is 2.79. The minimum atomic E-state index is -4.50. The molecule has 0 spiro atoms. The van der Waals surface area contributed by atoms with Crippen molar-refractivity contribution in [3.05, 3.63) is 59.2 Å². The number of anilines is 2. The van der Waals surface area contributed by atoms with E-state index < -0.39 is 11.7 Å². The highest BCUT2D eigenvalue weighted by Gasteiger charge is 2.37. The van der Waals surface area contributed by atoms with Gasteiger partial charge in [0.15, 0.2) is 5.82 Å². The SMILES string of the molecule is COc1ccc(-c2nn(CC3CC3)c(Nc3cc(-n4nc(C)c(C(F)(F)F)c4C)ncn3)c2C)cc1. The molecule has 0 atom stereocenters. The van der Waals surface area contributed by atoms with Gasteiger partial charge in [0.05, 0.1) is 29.8 Å². The van der Waals surface area contributed by atoms with Crippen LogP contribution in [0.5, 0.6) is 5.75 Å². The van der Waals surface area contributed by atoms with E-state index in [0.717, 1.165) is 47.8 Å². The molecular weight excluding hydrogens is 471 g/mol. The molecule has 1 aliphatic rings. The van der Waals surface area contributed by atoms with Gasteiger partial charge in [0.25, 0.3) is 0 Å². The van der Waals surface area contributed by atoms with E-state index in [9.17, 15) is 13.2 Å². The van der Waals surface area contributed by atoms with Crippen LogP contribution in [0.2, 0.25) is 0 Å². The Labute approximate surface area is 206 Å². The van der Waals surface area contributed by atoms with Crippen molar-refractivity contribution in [2.45, 2.75) is 46.3 Å². The van der Waals surface area contributed by atoms with Gasteiger partial charge in [-0.1, -0.05) is 0 Å². The van der Waals surface area contributed by atoms with Crippen molar-refractivity contribution in [1.29, 1.82) is 0 Å². The molecular formula is C25H26F3N7O. The number of nitrogens with zero attached hydrogens (tertiary/aromatic N) is 6. The Morgan fingerprint density at radius 1 is 1.06 bits per heavy atom. The van der Waals surface area contributed by atoms with Gasteiger partial charge < -0.3 is 10.1 Å². The second-order valence-electron chi connectivity index (χ2n) is 9.02. The van der Waals surface area contributed by atoms with Crippen molar-refractivity contribution in [2.24, 2.45) is 5.92 Å². The van der Waals surface area contributed by atoms with Gasteiger partial charge in [-0.15, -0.1) is 0 Å². The summed E-state index contributed by atoms with van der Waals surface area (Å²) >= 11 is 0. The zero-order valence-electron chi connectivity index (χ0n) is 20.4. The van der Waals surface area contributed by atoms with E-state index in [-0.39, 0.29) is 17.2 Å². The summed E-state index contributed by atoms with van der Waals surface area (Å²) in [6.45, 7) is 5.47. The van der Waals surface area contributed by atoms with Gasteiger partial charge in [0.2, 0.25) is 0 Å². The van der Waals surface area contributed by atoms with Crippen molar-refractivity contribution in [2.75, 3.05) is 12.4 Å². The summed E-state index contributed by atoms with van der Waals surface area (Å²) in [7, 11) is 1.62. The number of nitrogens with one attached hydrogen (secondary N) is 1. The topological polar surface area (TPSA) is 82.7 Å². The third-order valence-corrected chi connectivity index (χ3v) is 6.37. The van der Waals surface area contributed by atoms with Crippen molar-refractivity contribution in [1.82, 2.24) is 29.5 Å². The predicted octanol–water partition coefficient (Wildman–Crippen LogP) is 5.63.